The van der Waals surface area contributed by atoms with Gasteiger partial charge in [-0.1, -0.05) is 0 Å². The fraction of sp³-hybridized carbons (Fsp3) is 0.0714. The topological polar surface area (TPSA) is 71.1 Å². The molecule has 0 radical (unpaired) electrons. The molecule has 0 bridgehead atoms. The van der Waals surface area contributed by atoms with Gasteiger partial charge in [0.2, 0.25) is 11.9 Å². The van der Waals surface area contributed by atoms with Gasteiger partial charge in [-0.15, -0.1) is 0 Å². The third-order valence-electron chi connectivity index (χ3n) is 2.45. The quantitative estimate of drug-likeness (QED) is 0.844. The van der Waals surface area contributed by atoms with Crippen LogP contribution in [0.1, 0.15) is 17.3 Å². The summed E-state index contributed by atoms with van der Waals surface area (Å²) in [5.41, 5.74) is 1.36. The summed E-state index contributed by atoms with van der Waals surface area (Å²) in [7, 11) is 0. The van der Waals surface area contributed by atoms with E-state index in [0.29, 0.717) is 11.4 Å². The predicted octanol–water partition coefficient (Wildman–Crippen LogP) is 2.43. The Balaban J connectivity index is 2.06. The summed E-state index contributed by atoms with van der Waals surface area (Å²) in [6.45, 7) is 1.41. The Bertz CT molecular complexity index is 641. The van der Waals surface area contributed by atoms with Crippen molar-refractivity contribution < 1.29 is 14.0 Å². The van der Waals surface area contributed by atoms with Gasteiger partial charge >= 0.3 is 0 Å². The van der Waals surface area contributed by atoms with Crippen molar-refractivity contribution in [1.82, 2.24) is 4.98 Å². The zero-order valence-corrected chi connectivity index (χ0v) is 10.7. The van der Waals surface area contributed by atoms with Crippen LogP contribution in [-0.2, 0) is 4.79 Å². The molecule has 0 saturated carbocycles. The summed E-state index contributed by atoms with van der Waals surface area (Å²) in [5, 5.41) is 5.23. The lowest BCUT2D eigenvalue weighted by molar-refractivity contribution is -0.114. The fourth-order valence-electron chi connectivity index (χ4n) is 1.59. The molecule has 0 aliphatic heterocycles. The van der Waals surface area contributed by atoms with Crippen molar-refractivity contribution in [3.8, 4) is 0 Å². The third-order valence-corrected chi connectivity index (χ3v) is 2.45. The first-order chi connectivity index (χ1) is 9.54. The van der Waals surface area contributed by atoms with E-state index in [0.717, 1.165) is 6.07 Å². The molecule has 2 rings (SSSR count). The highest BCUT2D eigenvalue weighted by Crippen LogP contribution is 2.14. The van der Waals surface area contributed by atoms with Crippen LogP contribution in [0.4, 0.5) is 15.8 Å². The number of carbonyl (C=O) groups excluding carboxylic acids is 2. The zero-order chi connectivity index (χ0) is 14.5. The normalized spacial score (nSPS) is 9.90. The Morgan fingerprint density at radius 1 is 1.05 bits per heavy atom. The van der Waals surface area contributed by atoms with Crippen LogP contribution in [0.5, 0.6) is 0 Å². The van der Waals surface area contributed by atoms with E-state index in [1.807, 2.05) is 0 Å². The first-order valence-electron chi connectivity index (χ1n) is 5.85. The molecule has 1 aromatic carbocycles. The number of benzene rings is 1. The van der Waals surface area contributed by atoms with E-state index >= 15 is 0 Å². The minimum Gasteiger partial charge on any atom is -0.326 e. The van der Waals surface area contributed by atoms with Crippen LogP contribution < -0.4 is 10.6 Å². The maximum Gasteiger partial charge on any atom is 0.255 e. The number of hydrogen-bond acceptors (Lipinski definition) is 3. The van der Waals surface area contributed by atoms with Gasteiger partial charge in [-0.3, -0.25) is 9.59 Å². The van der Waals surface area contributed by atoms with Crippen molar-refractivity contribution in [3.63, 3.8) is 0 Å². The predicted molar refractivity (Wildman–Crippen MR) is 72.9 cm³/mol. The summed E-state index contributed by atoms with van der Waals surface area (Å²) >= 11 is 0. The highest BCUT2D eigenvalue weighted by molar-refractivity contribution is 6.04. The molecule has 0 saturated heterocycles. The first-order valence-corrected chi connectivity index (χ1v) is 5.85. The van der Waals surface area contributed by atoms with Crippen LogP contribution in [0.15, 0.2) is 42.6 Å². The molecule has 0 atom stereocenters. The fourth-order valence-corrected chi connectivity index (χ4v) is 1.59. The Labute approximate surface area is 114 Å². The number of nitrogens with zero attached hydrogens (tertiary/aromatic N) is 1. The second kappa shape index (κ2) is 5.92. The van der Waals surface area contributed by atoms with E-state index in [9.17, 15) is 14.0 Å². The van der Waals surface area contributed by atoms with Crippen molar-refractivity contribution >= 4 is 23.2 Å². The molecule has 5 nitrogen and oxygen atoms in total. The minimum absolute atomic E-state index is 0.172. The lowest BCUT2D eigenvalue weighted by Crippen LogP contribution is -2.12. The third kappa shape index (κ3) is 3.61. The van der Waals surface area contributed by atoms with Crippen molar-refractivity contribution in [2.75, 3.05) is 10.6 Å². The second-order valence-electron chi connectivity index (χ2n) is 4.08. The number of halogens is 1. The van der Waals surface area contributed by atoms with E-state index < -0.39 is 11.9 Å². The molecule has 0 aliphatic rings. The molecule has 2 N–H and O–H groups in total. The molecule has 0 fully saturated rings. The second-order valence-corrected chi connectivity index (χ2v) is 4.08. The molecular formula is C14H12FN3O2. The molecule has 102 valence electrons. The summed E-state index contributed by atoms with van der Waals surface area (Å²) in [6, 6.07) is 9.07. The molecule has 1 aromatic heterocycles. The van der Waals surface area contributed by atoms with E-state index in [4.69, 9.17) is 0 Å². The average molecular weight is 273 g/mol. The number of rotatable bonds is 3. The van der Waals surface area contributed by atoms with Gasteiger partial charge in [0.15, 0.2) is 0 Å². The molecule has 0 spiro atoms. The van der Waals surface area contributed by atoms with Crippen LogP contribution in [0.2, 0.25) is 0 Å². The molecule has 20 heavy (non-hydrogen) atoms. The standard InChI is InChI=1S/C14H12FN3O2/c1-9(19)17-11-2-4-12(5-3-11)18-14(20)10-6-7-16-13(15)8-10/h2-8H,1H3,(H,17,19)(H,18,20). The number of pyridine rings is 1. The van der Waals surface area contributed by atoms with Gasteiger partial charge in [0.05, 0.1) is 0 Å². The minimum atomic E-state index is -0.710. The Hall–Kier alpha value is -2.76. The van der Waals surface area contributed by atoms with Crippen molar-refractivity contribution in [1.29, 1.82) is 0 Å². The first kappa shape index (κ1) is 13.7. The average Bonchev–Trinajstić information content (AvgIpc) is 2.40. The smallest absolute Gasteiger partial charge is 0.255 e. The van der Waals surface area contributed by atoms with Gasteiger partial charge in [0.25, 0.3) is 5.91 Å². The lowest BCUT2D eigenvalue weighted by atomic mass is 10.2. The van der Waals surface area contributed by atoms with Crippen molar-refractivity contribution in [2.24, 2.45) is 0 Å². The lowest BCUT2D eigenvalue weighted by Gasteiger charge is -2.07. The highest BCUT2D eigenvalue weighted by Gasteiger charge is 2.07. The number of aromatic nitrogens is 1. The zero-order valence-electron chi connectivity index (χ0n) is 10.7. The molecule has 1 heterocycles. The van der Waals surface area contributed by atoms with E-state index in [-0.39, 0.29) is 11.5 Å². The number of carbonyl (C=O) groups is 2. The van der Waals surface area contributed by atoms with Crippen LogP contribution in [-0.4, -0.2) is 16.8 Å². The monoisotopic (exact) mass is 273 g/mol. The molecule has 2 amide bonds. The Morgan fingerprint density at radius 2 is 1.65 bits per heavy atom. The molecule has 2 aromatic rings. The Kier molecular flexibility index (Phi) is 4.05. The van der Waals surface area contributed by atoms with E-state index in [1.54, 1.807) is 24.3 Å². The maximum atomic E-state index is 12.9. The van der Waals surface area contributed by atoms with Gasteiger partial charge < -0.3 is 10.6 Å². The summed E-state index contributed by atoms with van der Waals surface area (Å²) in [5.74, 6) is -1.31. The summed E-state index contributed by atoms with van der Waals surface area (Å²) in [4.78, 5) is 26.1. The van der Waals surface area contributed by atoms with Gasteiger partial charge in [-0.25, -0.2) is 4.98 Å². The molecule has 0 unspecified atom stereocenters. The summed E-state index contributed by atoms with van der Waals surface area (Å²) < 4.78 is 12.9. The molecular weight excluding hydrogens is 261 g/mol. The van der Waals surface area contributed by atoms with Crippen molar-refractivity contribution in [2.45, 2.75) is 6.92 Å². The maximum absolute atomic E-state index is 12.9. The van der Waals surface area contributed by atoms with Gasteiger partial charge in [-0.05, 0) is 30.3 Å². The van der Waals surface area contributed by atoms with Crippen LogP contribution in [0, 0.1) is 5.95 Å². The largest absolute Gasteiger partial charge is 0.326 e. The number of hydrogen-bond donors (Lipinski definition) is 2. The van der Waals surface area contributed by atoms with Gasteiger partial charge in [-0.2, -0.15) is 4.39 Å². The highest BCUT2D eigenvalue weighted by atomic mass is 19.1. The number of nitrogens with one attached hydrogen (secondary N) is 2. The molecule has 6 heteroatoms. The van der Waals surface area contributed by atoms with Crippen molar-refractivity contribution in [3.05, 3.63) is 54.1 Å². The van der Waals surface area contributed by atoms with Crippen LogP contribution in [0.3, 0.4) is 0 Å². The Morgan fingerprint density at radius 3 is 2.20 bits per heavy atom. The molecule has 0 aliphatic carbocycles. The number of amides is 2. The van der Waals surface area contributed by atoms with E-state index in [2.05, 4.69) is 15.6 Å². The van der Waals surface area contributed by atoms with Gasteiger partial charge in [0.1, 0.15) is 0 Å². The van der Waals surface area contributed by atoms with E-state index in [1.165, 1.54) is 19.2 Å². The number of anilines is 2. The SMILES string of the molecule is CC(=O)Nc1ccc(NC(=O)c2ccnc(F)c2)cc1. The van der Waals surface area contributed by atoms with Crippen LogP contribution >= 0.6 is 0 Å². The summed E-state index contributed by atoms with van der Waals surface area (Å²) in [6.07, 6.45) is 1.23. The van der Waals surface area contributed by atoms with Crippen LogP contribution in [0.25, 0.3) is 0 Å². The van der Waals surface area contributed by atoms with Gasteiger partial charge in [0, 0.05) is 36.1 Å².